The molecule has 0 amide bonds. The molecular formula is C23H34N2O4. The highest BCUT2D eigenvalue weighted by Crippen LogP contribution is 2.43. The third kappa shape index (κ3) is 5.37. The molecule has 3 heterocycles. The standard InChI is InChI=1S/C23H34N2O4/c26-20-6-10-25(11-7-20)17-21-16-23(22(27)29-21)8-12-24(13-9-23)14-15-28-18-19-4-2-1-3-5-19/h1-5,20-21,26H,6-18H2. The molecule has 0 aliphatic carbocycles. The minimum Gasteiger partial charge on any atom is -0.461 e. The minimum absolute atomic E-state index is 0.0125. The Labute approximate surface area is 173 Å². The Balaban J connectivity index is 1.17. The van der Waals surface area contributed by atoms with Gasteiger partial charge in [-0.05, 0) is 44.3 Å². The lowest BCUT2D eigenvalue weighted by atomic mass is 9.76. The smallest absolute Gasteiger partial charge is 0.312 e. The minimum atomic E-state index is -0.276. The van der Waals surface area contributed by atoms with Crippen LogP contribution in [0.15, 0.2) is 30.3 Å². The van der Waals surface area contributed by atoms with E-state index in [1.807, 2.05) is 18.2 Å². The lowest BCUT2D eigenvalue weighted by Crippen LogP contribution is -2.44. The van der Waals surface area contributed by atoms with Gasteiger partial charge in [0, 0.05) is 32.6 Å². The summed E-state index contributed by atoms with van der Waals surface area (Å²) in [7, 11) is 0. The van der Waals surface area contributed by atoms with Crippen LogP contribution in [0, 0.1) is 5.41 Å². The summed E-state index contributed by atoms with van der Waals surface area (Å²) in [6.45, 7) is 6.78. The maximum Gasteiger partial charge on any atom is 0.312 e. The predicted octanol–water partition coefficient (Wildman–Crippen LogP) is 2.06. The van der Waals surface area contributed by atoms with Crippen LogP contribution in [-0.2, 0) is 20.9 Å². The van der Waals surface area contributed by atoms with E-state index in [-0.39, 0.29) is 23.6 Å². The quantitative estimate of drug-likeness (QED) is 0.556. The third-order valence-electron chi connectivity index (χ3n) is 6.82. The number of hydrogen-bond acceptors (Lipinski definition) is 6. The van der Waals surface area contributed by atoms with E-state index < -0.39 is 0 Å². The Morgan fingerprint density at radius 1 is 1.07 bits per heavy atom. The summed E-state index contributed by atoms with van der Waals surface area (Å²) in [5.41, 5.74) is 0.925. The van der Waals surface area contributed by atoms with E-state index in [0.717, 1.165) is 78.0 Å². The van der Waals surface area contributed by atoms with Crippen LogP contribution in [0.2, 0.25) is 0 Å². The Morgan fingerprint density at radius 3 is 2.52 bits per heavy atom. The first-order valence-corrected chi connectivity index (χ1v) is 11.1. The van der Waals surface area contributed by atoms with Crippen molar-refractivity contribution in [3.63, 3.8) is 0 Å². The van der Waals surface area contributed by atoms with Crippen molar-refractivity contribution in [1.82, 2.24) is 9.80 Å². The highest BCUT2D eigenvalue weighted by atomic mass is 16.6. The van der Waals surface area contributed by atoms with Gasteiger partial charge in [0.25, 0.3) is 0 Å². The molecule has 6 heteroatoms. The van der Waals surface area contributed by atoms with Gasteiger partial charge in [0.2, 0.25) is 0 Å². The SMILES string of the molecule is O=C1OC(CN2CCC(O)CC2)CC12CCN(CCOCc1ccccc1)CC2. The molecule has 0 radical (unpaired) electrons. The van der Waals surface area contributed by atoms with Crippen LogP contribution in [0.1, 0.15) is 37.7 Å². The number of likely N-dealkylation sites (tertiary alicyclic amines) is 2. The zero-order valence-corrected chi connectivity index (χ0v) is 17.3. The molecule has 1 spiro atoms. The lowest BCUT2D eigenvalue weighted by Gasteiger charge is -2.36. The molecule has 0 saturated carbocycles. The highest BCUT2D eigenvalue weighted by molar-refractivity contribution is 5.79. The van der Waals surface area contributed by atoms with Crippen molar-refractivity contribution in [3.8, 4) is 0 Å². The third-order valence-corrected chi connectivity index (χ3v) is 6.82. The molecule has 0 aromatic heterocycles. The number of aliphatic hydroxyl groups excluding tert-OH is 1. The summed E-state index contributed by atoms with van der Waals surface area (Å²) in [4.78, 5) is 17.4. The molecule has 3 fully saturated rings. The van der Waals surface area contributed by atoms with Gasteiger partial charge in [0.15, 0.2) is 0 Å². The van der Waals surface area contributed by atoms with Gasteiger partial charge in [0.1, 0.15) is 6.10 Å². The topological polar surface area (TPSA) is 62.2 Å². The van der Waals surface area contributed by atoms with Crippen molar-refractivity contribution in [2.75, 3.05) is 45.9 Å². The first kappa shape index (κ1) is 20.8. The maximum absolute atomic E-state index is 12.7. The normalized spacial score (nSPS) is 26.1. The van der Waals surface area contributed by atoms with Crippen molar-refractivity contribution in [3.05, 3.63) is 35.9 Å². The van der Waals surface area contributed by atoms with Gasteiger partial charge in [-0.1, -0.05) is 30.3 Å². The molecule has 1 atom stereocenters. The van der Waals surface area contributed by atoms with Gasteiger partial charge in [-0.3, -0.25) is 9.69 Å². The fraction of sp³-hybridized carbons (Fsp3) is 0.696. The first-order chi connectivity index (χ1) is 14.1. The summed E-state index contributed by atoms with van der Waals surface area (Å²) in [5, 5.41) is 9.66. The van der Waals surface area contributed by atoms with E-state index in [1.54, 1.807) is 0 Å². The number of rotatable bonds is 7. The van der Waals surface area contributed by atoms with E-state index >= 15 is 0 Å². The molecule has 0 bridgehead atoms. The number of cyclic esters (lactones) is 1. The zero-order valence-electron chi connectivity index (χ0n) is 17.3. The Bertz CT molecular complexity index is 652. The second-order valence-electron chi connectivity index (χ2n) is 8.92. The van der Waals surface area contributed by atoms with Gasteiger partial charge in [0.05, 0.1) is 24.7 Å². The number of esters is 1. The highest BCUT2D eigenvalue weighted by Gasteiger charge is 2.50. The van der Waals surface area contributed by atoms with Crippen LogP contribution in [0.5, 0.6) is 0 Å². The van der Waals surface area contributed by atoms with Gasteiger partial charge in [-0.15, -0.1) is 0 Å². The molecule has 1 aromatic rings. The number of ether oxygens (including phenoxy) is 2. The Kier molecular flexibility index (Phi) is 6.85. The van der Waals surface area contributed by atoms with Crippen molar-refractivity contribution < 1.29 is 19.4 Å². The molecule has 1 aromatic carbocycles. The number of carbonyl (C=O) groups excluding carboxylic acids is 1. The summed E-state index contributed by atoms with van der Waals surface area (Å²) < 4.78 is 11.6. The predicted molar refractivity (Wildman–Crippen MR) is 110 cm³/mol. The fourth-order valence-electron chi connectivity index (χ4n) is 4.90. The molecule has 29 heavy (non-hydrogen) atoms. The summed E-state index contributed by atoms with van der Waals surface area (Å²) in [6, 6.07) is 10.2. The zero-order chi connectivity index (χ0) is 20.1. The number of piperidine rings is 2. The van der Waals surface area contributed by atoms with Gasteiger partial charge in [-0.25, -0.2) is 0 Å². The molecule has 1 unspecified atom stereocenters. The van der Waals surface area contributed by atoms with Crippen molar-refractivity contribution in [2.24, 2.45) is 5.41 Å². The molecule has 3 aliphatic rings. The van der Waals surface area contributed by atoms with Crippen LogP contribution in [0.4, 0.5) is 0 Å². The molecule has 1 N–H and O–H groups in total. The van der Waals surface area contributed by atoms with E-state index in [1.165, 1.54) is 5.56 Å². The molecule has 6 nitrogen and oxygen atoms in total. The number of carbonyl (C=O) groups is 1. The van der Waals surface area contributed by atoms with Crippen LogP contribution < -0.4 is 0 Å². The maximum atomic E-state index is 12.7. The molecule has 160 valence electrons. The lowest BCUT2D eigenvalue weighted by molar-refractivity contribution is -0.151. The van der Waals surface area contributed by atoms with Crippen LogP contribution >= 0.6 is 0 Å². The molecule has 4 rings (SSSR count). The number of aliphatic hydroxyl groups is 1. The number of nitrogens with zero attached hydrogens (tertiary/aromatic N) is 2. The monoisotopic (exact) mass is 402 g/mol. The number of hydrogen-bond donors (Lipinski definition) is 1. The molecule has 3 aliphatic heterocycles. The average molecular weight is 403 g/mol. The fourth-order valence-corrected chi connectivity index (χ4v) is 4.90. The van der Waals surface area contributed by atoms with E-state index in [4.69, 9.17) is 9.47 Å². The van der Waals surface area contributed by atoms with E-state index in [9.17, 15) is 9.90 Å². The van der Waals surface area contributed by atoms with Gasteiger partial charge >= 0.3 is 5.97 Å². The van der Waals surface area contributed by atoms with Crippen molar-refractivity contribution in [1.29, 1.82) is 0 Å². The summed E-state index contributed by atoms with van der Waals surface area (Å²) in [5.74, 6) is 0.0134. The first-order valence-electron chi connectivity index (χ1n) is 11.1. The van der Waals surface area contributed by atoms with Gasteiger partial charge in [-0.2, -0.15) is 0 Å². The van der Waals surface area contributed by atoms with Crippen molar-refractivity contribution >= 4 is 5.97 Å². The van der Waals surface area contributed by atoms with Crippen LogP contribution in [0.3, 0.4) is 0 Å². The Morgan fingerprint density at radius 2 is 1.79 bits per heavy atom. The average Bonchev–Trinajstić information content (AvgIpc) is 3.04. The Hall–Kier alpha value is -1.47. The van der Waals surface area contributed by atoms with E-state index in [0.29, 0.717) is 6.61 Å². The second kappa shape index (κ2) is 9.56. The van der Waals surface area contributed by atoms with Gasteiger partial charge < -0.3 is 19.5 Å². The number of benzene rings is 1. The van der Waals surface area contributed by atoms with E-state index in [2.05, 4.69) is 21.9 Å². The summed E-state index contributed by atoms with van der Waals surface area (Å²) >= 11 is 0. The molecule has 3 saturated heterocycles. The molecular weight excluding hydrogens is 368 g/mol. The summed E-state index contributed by atoms with van der Waals surface area (Å²) in [6.07, 6.45) is 4.13. The van der Waals surface area contributed by atoms with Crippen molar-refractivity contribution in [2.45, 2.75) is 50.9 Å². The van der Waals surface area contributed by atoms with Crippen LogP contribution in [0.25, 0.3) is 0 Å². The largest absolute Gasteiger partial charge is 0.461 e. The van der Waals surface area contributed by atoms with Crippen LogP contribution in [-0.4, -0.2) is 79.0 Å². The second-order valence-corrected chi connectivity index (χ2v) is 8.92.